The van der Waals surface area contributed by atoms with E-state index in [-0.39, 0.29) is 29.8 Å². The molecule has 1 aromatic carbocycles. The van der Waals surface area contributed by atoms with Gasteiger partial charge in [0.2, 0.25) is 15.9 Å². The molecule has 2 N–H and O–H groups in total. The van der Waals surface area contributed by atoms with E-state index in [1.807, 2.05) is 0 Å². The predicted molar refractivity (Wildman–Crippen MR) is 77.2 cm³/mol. The molecule has 0 bridgehead atoms. The Hall–Kier alpha value is -0.920. The Bertz CT molecular complexity index is 526. The van der Waals surface area contributed by atoms with Crippen molar-refractivity contribution < 1.29 is 13.2 Å². The third-order valence-corrected chi connectivity index (χ3v) is 4.37. The molecule has 0 aliphatic heterocycles. The Morgan fingerprint density at radius 2 is 1.79 bits per heavy atom. The Balaban J connectivity index is 2.48. The maximum absolute atomic E-state index is 11.9. The summed E-state index contributed by atoms with van der Waals surface area (Å²) in [5, 5.41) is 2.64. The highest BCUT2D eigenvalue weighted by atomic mass is 79.9. The number of carbonyl (C=O) groups excluding carboxylic acids is 1. The lowest BCUT2D eigenvalue weighted by Crippen LogP contribution is -2.36. The molecule has 0 saturated carbocycles. The Morgan fingerprint density at radius 1 is 1.21 bits per heavy atom. The first kappa shape index (κ1) is 16.1. The molecule has 0 spiro atoms. The number of hydrogen-bond donors (Lipinski definition) is 2. The van der Waals surface area contributed by atoms with Crippen LogP contribution in [-0.4, -0.2) is 27.4 Å². The van der Waals surface area contributed by atoms with E-state index in [4.69, 9.17) is 0 Å². The van der Waals surface area contributed by atoms with Crippen LogP contribution in [0.5, 0.6) is 0 Å². The second-order valence-electron chi connectivity index (χ2n) is 4.30. The molecule has 0 atom stereocenters. The van der Waals surface area contributed by atoms with Gasteiger partial charge in [-0.2, -0.15) is 0 Å². The summed E-state index contributed by atoms with van der Waals surface area (Å²) in [4.78, 5) is 11.5. The highest BCUT2D eigenvalue weighted by molar-refractivity contribution is 9.10. The van der Waals surface area contributed by atoms with Gasteiger partial charge in [-0.3, -0.25) is 4.79 Å². The summed E-state index contributed by atoms with van der Waals surface area (Å²) in [7, 11) is -3.52. The molecule has 0 fully saturated rings. The summed E-state index contributed by atoms with van der Waals surface area (Å²) in [6.45, 7) is 3.99. The van der Waals surface area contributed by atoms with Crippen LogP contribution < -0.4 is 10.0 Å². The topological polar surface area (TPSA) is 75.3 Å². The highest BCUT2D eigenvalue weighted by Crippen LogP contribution is 2.14. The van der Waals surface area contributed by atoms with E-state index in [1.165, 1.54) is 12.1 Å². The summed E-state index contributed by atoms with van der Waals surface area (Å²) >= 11 is 3.24. The van der Waals surface area contributed by atoms with Crippen LogP contribution in [0.3, 0.4) is 0 Å². The first-order valence-corrected chi connectivity index (χ1v) is 8.13. The molecule has 7 heteroatoms. The van der Waals surface area contributed by atoms with Crippen LogP contribution in [0.25, 0.3) is 0 Å². The summed E-state index contributed by atoms with van der Waals surface area (Å²) in [6.07, 6.45) is 0. The minimum atomic E-state index is -3.52. The third kappa shape index (κ3) is 5.30. The van der Waals surface area contributed by atoms with Crippen LogP contribution in [-0.2, 0) is 14.8 Å². The lowest BCUT2D eigenvalue weighted by atomic mass is 10.2. The predicted octanol–water partition coefficient (Wildman–Crippen LogP) is 1.50. The van der Waals surface area contributed by atoms with Crippen LogP contribution in [0, 0.1) is 5.92 Å². The molecule has 1 aromatic rings. The Kier molecular flexibility index (Phi) is 5.96. The molecule has 106 valence electrons. The number of hydrogen-bond acceptors (Lipinski definition) is 3. The van der Waals surface area contributed by atoms with Gasteiger partial charge in [0.15, 0.2) is 0 Å². The van der Waals surface area contributed by atoms with E-state index in [0.717, 1.165) is 4.47 Å². The standard InChI is InChI=1S/C12H17BrN2O3S/c1-9(2)12(16)14-7-8-15-19(17,18)11-5-3-10(13)4-6-11/h3-6,9,15H,7-8H2,1-2H3,(H,14,16). The Morgan fingerprint density at radius 3 is 2.32 bits per heavy atom. The van der Waals surface area contributed by atoms with Crippen molar-refractivity contribution in [2.75, 3.05) is 13.1 Å². The summed E-state index contributed by atoms with van der Waals surface area (Å²) < 4.78 is 27.0. The lowest BCUT2D eigenvalue weighted by Gasteiger charge is -2.09. The fourth-order valence-electron chi connectivity index (χ4n) is 1.27. The molecule has 19 heavy (non-hydrogen) atoms. The van der Waals surface area contributed by atoms with Crippen LogP contribution in [0.2, 0.25) is 0 Å². The van der Waals surface area contributed by atoms with Crippen LogP contribution in [0.15, 0.2) is 33.6 Å². The van der Waals surface area contributed by atoms with Crippen LogP contribution in [0.1, 0.15) is 13.8 Å². The van der Waals surface area contributed by atoms with Gasteiger partial charge in [0.05, 0.1) is 4.90 Å². The molecule has 0 saturated heterocycles. The molecule has 0 aliphatic rings. The van der Waals surface area contributed by atoms with Crippen molar-refractivity contribution in [3.05, 3.63) is 28.7 Å². The SMILES string of the molecule is CC(C)C(=O)NCCNS(=O)(=O)c1ccc(Br)cc1. The van der Waals surface area contributed by atoms with Gasteiger partial charge in [0, 0.05) is 23.5 Å². The van der Waals surface area contributed by atoms with Crippen molar-refractivity contribution in [2.45, 2.75) is 18.7 Å². The quantitative estimate of drug-likeness (QED) is 0.765. The minimum absolute atomic E-state index is 0.0946. The van der Waals surface area contributed by atoms with Gasteiger partial charge in [-0.25, -0.2) is 13.1 Å². The first-order valence-electron chi connectivity index (χ1n) is 5.86. The third-order valence-electron chi connectivity index (χ3n) is 2.36. The van der Waals surface area contributed by atoms with E-state index in [1.54, 1.807) is 26.0 Å². The second-order valence-corrected chi connectivity index (χ2v) is 6.98. The monoisotopic (exact) mass is 348 g/mol. The van der Waals surface area contributed by atoms with Crippen molar-refractivity contribution in [3.63, 3.8) is 0 Å². The molecule has 0 aromatic heterocycles. The van der Waals surface area contributed by atoms with Gasteiger partial charge in [-0.1, -0.05) is 29.8 Å². The van der Waals surface area contributed by atoms with Crippen molar-refractivity contribution >= 4 is 31.9 Å². The highest BCUT2D eigenvalue weighted by Gasteiger charge is 2.13. The first-order chi connectivity index (χ1) is 8.83. The molecular formula is C12H17BrN2O3S. The number of halogens is 1. The van der Waals surface area contributed by atoms with Crippen molar-refractivity contribution in [3.8, 4) is 0 Å². The maximum Gasteiger partial charge on any atom is 0.240 e. The number of benzene rings is 1. The summed E-state index contributed by atoms with van der Waals surface area (Å²) in [5.74, 6) is -0.203. The van der Waals surface area contributed by atoms with Gasteiger partial charge >= 0.3 is 0 Å². The van der Waals surface area contributed by atoms with E-state index < -0.39 is 10.0 Å². The van der Waals surface area contributed by atoms with E-state index in [9.17, 15) is 13.2 Å². The lowest BCUT2D eigenvalue weighted by molar-refractivity contribution is -0.123. The molecule has 0 radical (unpaired) electrons. The summed E-state index contributed by atoms with van der Waals surface area (Å²) in [5.41, 5.74) is 0. The minimum Gasteiger partial charge on any atom is -0.355 e. The van der Waals surface area contributed by atoms with E-state index in [0.29, 0.717) is 0 Å². The summed E-state index contributed by atoms with van der Waals surface area (Å²) in [6, 6.07) is 6.35. The van der Waals surface area contributed by atoms with Crippen molar-refractivity contribution in [1.29, 1.82) is 0 Å². The number of nitrogens with one attached hydrogen (secondary N) is 2. The van der Waals surface area contributed by atoms with E-state index in [2.05, 4.69) is 26.0 Å². The average Bonchev–Trinajstić information content (AvgIpc) is 2.34. The molecule has 1 rings (SSSR count). The molecule has 5 nitrogen and oxygen atoms in total. The van der Waals surface area contributed by atoms with Crippen LogP contribution >= 0.6 is 15.9 Å². The second kappa shape index (κ2) is 7.02. The van der Waals surface area contributed by atoms with Gasteiger partial charge < -0.3 is 5.32 Å². The van der Waals surface area contributed by atoms with Crippen molar-refractivity contribution in [2.24, 2.45) is 5.92 Å². The Labute approximate surface area is 122 Å². The number of carbonyl (C=O) groups is 1. The van der Waals surface area contributed by atoms with Gasteiger partial charge in [0.25, 0.3) is 0 Å². The number of amides is 1. The zero-order valence-corrected chi connectivity index (χ0v) is 13.2. The van der Waals surface area contributed by atoms with Gasteiger partial charge in [-0.05, 0) is 24.3 Å². The molecule has 0 aliphatic carbocycles. The average molecular weight is 349 g/mol. The molecule has 0 heterocycles. The molecular weight excluding hydrogens is 332 g/mol. The smallest absolute Gasteiger partial charge is 0.240 e. The van der Waals surface area contributed by atoms with Crippen molar-refractivity contribution in [1.82, 2.24) is 10.0 Å². The molecule has 1 amide bonds. The van der Waals surface area contributed by atoms with Gasteiger partial charge in [0.1, 0.15) is 0 Å². The fourth-order valence-corrected chi connectivity index (χ4v) is 2.57. The normalized spacial score (nSPS) is 11.6. The van der Waals surface area contributed by atoms with Crippen LogP contribution in [0.4, 0.5) is 0 Å². The number of rotatable bonds is 6. The zero-order chi connectivity index (χ0) is 14.5. The van der Waals surface area contributed by atoms with E-state index >= 15 is 0 Å². The zero-order valence-electron chi connectivity index (χ0n) is 10.8. The number of sulfonamides is 1. The largest absolute Gasteiger partial charge is 0.355 e. The van der Waals surface area contributed by atoms with Gasteiger partial charge in [-0.15, -0.1) is 0 Å². The molecule has 0 unspecified atom stereocenters. The maximum atomic E-state index is 11.9. The fraction of sp³-hybridized carbons (Fsp3) is 0.417.